The molecular weight excluding hydrogens is 518 g/mol. The molecule has 0 saturated carbocycles. The molecule has 0 bridgehead atoms. The van der Waals surface area contributed by atoms with Gasteiger partial charge in [0.1, 0.15) is 0 Å². The fourth-order valence-corrected chi connectivity index (χ4v) is 5.69. The summed E-state index contributed by atoms with van der Waals surface area (Å²) in [6, 6.07) is 67.0. The lowest BCUT2D eigenvalue weighted by Crippen LogP contribution is -2.10. The van der Waals surface area contributed by atoms with Gasteiger partial charge in [-0.2, -0.15) is 0 Å². The van der Waals surface area contributed by atoms with Gasteiger partial charge >= 0.3 is 0 Å². The van der Waals surface area contributed by atoms with E-state index in [4.69, 9.17) is 0 Å². The molecule has 7 rings (SSSR count). The first kappa shape index (κ1) is 26.3. The van der Waals surface area contributed by atoms with Gasteiger partial charge in [-0.3, -0.25) is 0 Å². The lowest BCUT2D eigenvalue weighted by atomic mass is 9.98. The van der Waals surface area contributed by atoms with Crippen molar-refractivity contribution in [2.45, 2.75) is 0 Å². The summed E-state index contributed by atoms with van der Waals surface area (Å²) < 4.78 is 0. The van der Waals surface area contributed by atoms with Gasteiger partial charge in [0.15, 0.2) is 0 Å². The van der Waals surface area contributed by atoms with Crippen LogP contribution in [0.15, 0.2) is 188 Å². The van der Waals surface area contributed by atoms with Gasteiger partial charge in [0, 0.05) is 17.1 Å². The van der Waals surface area contributed by atoms with Gasteiger partial charge in [0.2, 0.25) is 0 Å². The van der Waals surface area contributed by atoms with E-state index in [1.807, 2.05) is 0 Å². The SMILES string of the molecule is c1ccc(-c2cccc(-c3cccc(N(c4ccccc4)c4cccc(-c5cccc(-c6ccccc6)c5)c4)c3)c2)cc1. The second-order valence-electron chi connectivity index (χ2n) is 10.7. The Kier molecular flexibility index (Phi) is 7.36. The largest absolute Gasteiger partial charge is 0.310 e. The van der Waals surface area contributed by atoms with E-state index in [1.54, 1.807) is 0 Å². The molecule has 0 N–H and O–H groups in total. The number of hydrogen-bond acceptors (Lipinski definition) is 1. The first-order valence-electron chi connectivity index (χ1n) is 14.7. The van der Waals surface area contributed by atoms with E-state index in [-0.39, 0.29) is 0 Å². The van der Waals surface area contributed by atoms with Crippen LogP contribution in [-0.2, 0) is 0 Å². The minimum Gasteiger partial charge on any atom is -0.310 e. The summed E-state index contributed by atoms with van der Waals surface area (Å²) in [6.45, 7) is 0. The van der Waals surface area contributed by atoms with Gasteiger partial charge in [-0.1, -0.05) is 140 Å². The Hall–Kier alpha value is -5.66. The van der Waals surface area contributed by atoms with Crippen LogP contribution in [0.25, 0.3) is 44.5 Å². The second kappa shape index (κ2) is 12.1. The van der Waals surface area contributed by atoms with Crippen LogP contribution in [-0.4, -0.2) is 0 Å². The zero-order valence-electron chi connectivity index (χ0n) is 23.8. The van der Waals surface area contributed by atoms with Crippen LogP contribution in [0.2, 0.25) is 0 Å². The highest BCUT2D eigenvalue weighted by atomic mass is 15.1. The average Bonchev–Trinajstić information content (AvgIpc) is 3.10. The van der Waals surface area contributed by atoms with E-state index in [2.05, 4.69) is 193 Å². The first-order valence-corrected chi connectivity index (χ1v) is 14.7. The number of benzene rings is 7. The van der Waals surface area contributed by atoms with Crippen molar-refractivity contribution in [3.8, 4) is 44.5 Å². The molecule has 0 spiro atoms. The molecule has 1 nitrogen and oxygen atoms in total. The highest BCUT2D eigenvalue weighted by molar-refractivity contribution is 5.83. The monoisotopic (exact) mass is 549 g/mol. The molecule has 0 heterocycles. The van der Waals surface area contributed by atoms with Crippen molar-refractivity contribution >= 4 is 17.1 Å². The van der Waals surface area contributed by atoms with Crippen LogP contribution in [0.1, 0.15) is 0 Å². The predicted octanol–water partition coefficient (Wildman–Crippen LogP) is 11.8. The lowest BCUT2D eigenvalue weighted by Gasteiger charge is -2.26. The fourth-order valence-electron chi connectivity index (χ4n) is 5.69. The van der Waals surface area contributed by atoms with Crippen LogP contribution in [0.4, 0.5) is 17.1 Å². The van der Waals surface area contributed by atoms with Crippen LogP contribution in [0.3, 0.4) is 0 Å². The third kappa shape index (κ3) is 5.75. The predicted molar refractivity (Wildman–Crippen MR) is 183 cm³/mol. The third-order valence-corrected chi connectivity index (χ3v) is 7.83. The maximum atomic E-state index is 2.34. The molecule has 0 aliphatic rings. The normalized spacial score (nSPS) is 10.8. The molecule has 43 heavy (non-hydrogen) atoms. The molecule has 0 amide bonds. The van der Waals surface area contributed by atoms with Gasteiger partial charge < -0.3 is 4.90 Å². The van der Waals surface area contributed by atoms with E-state index in [1.165, 1.54) is 44.5 Å². The quantitative estimate of drug-likeness (QED) is 0.191. The Bertz CT molecular complexity index is 1830. The summed E-state index contributed by atoms with van der Waals surface area (Å²) in [7, 11) is 0. The summed E-state index contributed by atoms with van der Waals surface area (Å²) in [4.78, 5) is 2.34. The Labute approximate surface area is 254 Å². The highest BCUT2D eigenvalue weighted by Gasteiger charge is 2.14. The van der Waals surface area contributed by atoms with Crippen LogP contribution < -0.4 is 4.90 Å². The van der Waals surface area contributed by atoms with Gasteiger partial charge in [-0.15, -0.1) is 0 Å². The summed E-state index contributed by atoms with van der Waals surface area (Å²) in [5.74, 6) is 0. The highest BCUT2D eigenvalue weighted by Crippen LogP contribution is 2.39. The number of anilines is 3. The second-order valence-corrected chi connectivity index (χ2v) is 10.7. The number of para-hydroxylation sites is 1. The minimum absolute atomic E-state index is 1.11. The summed E-state index contributed by atoms with van der Waals surface area (Å²) in [5, 5.41) is 0. The first-order chi connectivity index (χ1) is 21.3. The molecule has 204 valence electrons. The number of rotatable bonds is 7. The maximum absolute atomic E-state index is 2.34. The van der Waals surface area contributed by atoms with Crippen molar-refractivity contribution in [3.63, 3.8) is 0 Å². The molecule has 0 fully saturated rings. The van der Waals surface area contributed by atoms with Gasteiger partial charge in [-0.05, 0) is 93.0 Å². The average molecular weight is 550 g/mol. The molecule has 0 aromatic heterocycles. The molecule has 7 aromatic rings. The Balaban J connectivity index is 1.29. The molecule has 0 aliphatic carbocycles. The molecule has 1 heteroatoms. The van der Waals surface area contributed by atoms with Crippen molar-refractivity contribution < 1.29 is 0 Å². The van der Waals surface area contributed by atoms with Crippen LogP contribution in [0, 0.1) is 0 Å². The molecule has 0 atom stereocenters. The topological polar surface area (TPSA) is 3.24 Å². The van der Waals surface area contributed by atoms with Crippen LogP contribution >= 0.6 is 0 Å². The van der Waals surface area contributed by atoms with E-state index >= 15 is 0 Å². The molecular formula is C42H31N. The van der Waals surface area contributed by atoms with Crippen molar-refractivity contribution in [3.05, 3.63) is 188 Å². The van der Waals surface area contributed by atoms with E-state index in [0.29, 0.717) is 0 Å². The minimum atomic E-state index is 1.11. The standard InChI is InChI=1S/C42H31N/c1-4-14-32(15-5-1)34-18-10-20-36(28-34)38-22-12-26-41(30-38)43(40-24-8-3-9-25-40)42-27-13-23-39(31-42)37-21-11-19-35(29-37)33-16-6-2-7-17-33/h1-31H. The number of nitrogens with zero attached hydrogens (tertiary/aromatic N) is 1. The molecule has 0 saturated heterocycles. The van der Waals surface area contributed by atoms with E-state index in [9.17, 15) is 0 Å². The smallest absolute Gasteiger partial charge is 0.0467 e. The zero-order valence-corrected chi connectivity index (χ0v) is 23.8. The molecule has 7 aromatic carbocycles. The molecule has 0 aliphatic heterocycles. The zero-order chi connectivity index (χ0) is 28.8. The van der Waals surface area contributed by atoms with Crippen molar-refractivity contribution in [1.82, 2.24) is 0 Å². The van der Waals surface area contributed by atoms with E-state index < -0.39 is 0 Å². The van der Waals surface area contributed by atoms with Gasteiger partial charge in [-0.25, -0.2) is 0 Å². The Morgan fingerprint density at radius 3 is 0.907 bits per heavy atom. The fraction of sp³-hybridized carbons (Fsp3) is 0. The van der Waals surface area contributed by atoms with Crippen molar-refractivity contribution in [1.29, 1.82) is 0 Å². The molecule has 0 radical (unpaired) electrons. The Morgan fingerprint density at radius 2 is 0.488 bits per heavy atom. The number of hydrogen-bond donors (Lipinski definition) is 0. The van der Waals surface area contributed by atoms with E-state index in [0.717, 1.165) is 17.1 Å². The van der Waals surface area contributed by atoms with Crippen LogP contribution in [0.5, 0.6) is 0 Å². The maximum Gasteiger partial charge on any atom is 0.0467 e. The van der Waals surface area contributed by atoms with Gasteiger partial charge in [0.25, 0.3) is 0 Å². The summed E-state index contributed by atoms with van der Waals surface area (Å²) in [5.41, 5.74) is 13.0. The lowest BCUT2D eigenvalue weighted by molar-refractivity contribution is 1.28. The summed E-state index contributed by atoms with van der Waals surface area (Å²) >= 11 is 0. The Morgan fingerprint density at radius 1 is 0.209 bits per heavy atom. The summed E-state index contributed by atoms with van der Waals surface area (Å²) in [6.07, 6.45) is 0. The van der Waals surface area contributed by atoms with Gasteiger partial charge in [0.05, 0.1) is 0 Å². The van der Waals surface area contributed by atoms with Crippen molar-refractivity contribution in [2.75, 3.05) is 4.90 Å². The third-order valence-electron chi connectivity index (χ3n) is 7.83. The van der Waals surface area contributed by atoms with Crippen molar-refractivity contribution in [2.24, 2.45) is 0 Å². The molecule has 0 unspecified atom stereocenters.